The summed E-state index contributed by atoms with van der Waals surface area (Å²) in [5.74, 6) is 2.11. The van der Waals surface area contributed by atoms with Crippen LogP contribution in [0.2, 0.25) is 0 Å². The number of hydrogen-bond donors (Lipinski definition) is 1. The van der Waals surface area contributed by atoms with Gasteiger partial charge in [0.25, 0.3) is 5.91 Å². The molecule has 0 radical (unpaired) electrons. The van der Waals surface area contributed by atoms with Gasteiger partial charge in [0.1, 0.15) is 5.82 Å². The van der Waals surface area contributed by atoms with Crippen LogP contribution in [-0.2, 0) is 6.54 Å². The molecule has 2 aromatic rings. The number of aromatic nitrogens is 1. The second-order valence-corrected chi connectivity index (χ2v) is 6.09. The summed E-state index contributed by atoms with van der Waals surface area (Å²) >= 11 is 0. The first-order valence-corrected chi connectivity index (χ1v) is 9.41. The molecule has 0 aliphatic rings. The number of hydrogen-bond acceptors (Lipinski definition) is 5. The molecule has 1 aromatic heterocycles. The molecule has 0 fully saturated rings. The second-order valence-electron chi connectivity index (χ2n) is 6.09. The highest BCUT2D eigenvalue weighted by Gasteiger charge is 2.10. The maximum Gasteiger partial charge on any atom is 0.253 e. The highest BCUT2D eigenvalue weighted by molar-refractivity contribution is 5.94. The van der Waals surface area contributed by atoms with Crippen molar-refractivity contribution in [2.75, 3.05) is 31.7 Å². The lowest BCUT2D eigenvalue weighted by Gasteiger charge is -2.19. The second kappa shape index (κ2) is 10.4. The van der Waals surface area contributed by atoms with Gasteiger partial charge in [0.2, 0.25) is 0 Å². The van der Waals surface area contributed by atoms with Gasteiger partial charge in [-0.05, 0) is 50.1 Å². The average Bonchev–Trinajstić information content (AvgIpc) is 2.72. The van der Waals surface area contributed by atoms with E-state index >= 15 is 0 Å². The number of benzene rings is 1. The van der Waals surface area contributed by atoms with Crippen molar-refractivity contribution in [3.63, 3.8) is 0 Å². The quantitative estimate of drug-likeness (QED) is 0.691. The van der Waals surface area contributed by atoms with Crippen LogP contribution in [0.5, 0.6) is 11.5 Å². The van der Waals surface area contributed by atoms with Crippen molar-refractivity contribution in [2.24, 2.45) is 0 Å². The Hall–Kier alpha value is -2.76. The van der Waals surface area contributed by atoms with Crippen LogP contribution in [0.3, 0.4) is 0 Å². The lowest BCUT2D eigenvalue weighted by Crippen LogP contribution is -2.25. The molecule has 0 aliphatic heterocycles. The molecule has 0 bridgehead atoms. The van der Waals surface area contributed by atoms with Gasteiger partial charge in [-0.3, -0.25) is 4.79 Å². The fraction of sp³-hybridized carbons (Fsp3) is 0.429. The number of rotatable bonds is 10. The van der Waals surface area contributed by atoms with Gasteiger partial charge in [0, 0.05) is 25.8 Å². The zero-order valence-corrected chi connectivity index (χ0v) is 16.6. The molecule has 1 N–H and O–H groups in total. The Morgan fingerprint density at radius 2 is 1.89 bits per heavy atom. The molecule has 0 saturated carbocycles. The standard InChI is InChI=1S/C21H29N3O3/c1-5-12-27-18-10-8-16(13-19(18)26-4)14-23-21(25)17-9-11-20(22-15-17)24(6-2)7-3/h8-11,13,15H,5-7,12,14H2,1-4H3,(H,23,25). The van der Waals surface area contributed by atoms with Crippen LogP contribution in [0, 0.1) is 0 Å². The molecule has 0 aliphatic carbocycles. The molecule has 27 heavy (non-hydrogen) atoms. The Morgan fingerprint density at radius 3 is 2.48 bits per heavy atom. The number of anilines is 1. The maximum absolute atomic E-state index is 12.4. The minimum atomic E-state index is -0.154. The number of nitrogens with zero attached hydrogens (tertiary/aromatic N) is 2. The summed E-state index contributed by atoms with van der Waals surface area (Å²) in [6.07, 6.45) is 2.55. The van der Waals surface area contributed by atoms with Crippen molar-refractivity contribution in [1.29, 1.82) is 0 Å². The molecule has 1 aromatic carbocycles. The number of methoxy groups -OCH3 is 1. The van der Waals surface area contributed by atoms with Crippen LogP contribution < -0.4 is 19.7 Å². The summed E-state index contributed by atoms with van der Waals surface area (Å²) in [6.45, 7) is 9.03. The highest BCUT2D eigenvalue weighted by atomic mass is 16.5. The molecule has 1 amide bonds. The summed E-state index contributed by atoms with van der Waals surface area (Å²) in [6, 6.07) is 9.36. The Labute approximate surface area is 161 Å². The van der Waals surface area contributed by atoms with E-state index in [9.17, 15) is 4.79 Å². The summed E-state index contributed by atoms with van der Waals surface area (Å²) in [5.41, 5.74) is 1.48. The van der Waals surface area contributed by atoms with E-state index in [0.717, 1.165) is 30.9 Å². The SMILES string of the molecule is CCCOc1ccc(CNC(=O)c2ccc(N(CC)CC)nc2)cc1OC. The molecule has 6 heteroatoms. The van der Waals surface area contributed by atoms with Crippen molar-refractivity contribution in [1.82, 2.24) is 10.3 Å². The van der Waals surface area contributed by atoms with E-state index in [2.05, 4.69) is 36.0 Å². The van der Waals surface area contributed by atoms with E-state index in [4.69, 9.17) is 9.47 Å². The van der Waals surface area contributed by atoms with Crippen LogP contribution in [0.15, 0.2) is 36.5 Å². The van der Waals surface area contributed by atoms with Crippen molar-refractivity contribution in [2.45, 2.75) is 33.7 Å². The van der Waals surface area contributed by atoms with Gasteiger partial charge >= 0.3 is 0 Å². The zero-order valence-electron chi connectivity index (χ0n) is 16.6. The van der Waals surface area contributed by atoms with Gasteiger partial charge in [0.05, 0.1) is 19.3 Å². The van der Waals surface area contributed by atoms with E-state index in [-0.39, 0.29) is 5.91 Å². The normalized spacial score (nSPS) is 10.4. The third-order valence-corrected chi connectivity index (χ3v) is 4.24. The van der Waals surface area contributed by atoms with Crippen molar-refractivity contribution in [3.8, 4) is 11.5 Å². The summed E-state index contributed by atoms with van der Waals surface area (Å²) in [7, 11) is 1.61. The predicted molar refractivity (Wildman–Crippen MR) is 108 cm³/mol. The van der Waals surface area contributed by atoms with Crippen LogP contribution in [0.1, 0.15) is 43.1 Å². The maximum atomic E-state index is 12.4. The molecule has 6 nitrogen and oxygen atoms in total. The minimum Gasteiger partial charge on any atom is -0.493 e. The third kappa shape index (κ3) is 5.61. The van der Waals surface area contributed by atoms with E-state index in [1.807, 2.05) is 24.3 Å². The molecular formula is C21H29N3O3. The average molecular weight is 371 g/mol. The molecular weight excluding hydrogens is 342 g/mol. The van der Waals surface area contributed by atoms with Crippen LogP contribution in [-0.4, -0.2) is 37.7 Å². The summed E-state index contributed by atoms with van der Waals surface area (Å²) in [5, 5.41) is 2.92. The van der Waals surface area contributed by atoms with Crippen molar-refractivity contribution >= 4 is 11.7 Å². The Morgan fingerprint density at radius 1 is 1.11 bits per heavy atom. The molecule has 146 valence electrons. The number of ether oxygens (including phenoxy) is 2. The van der Waals surface area contributed by atoms with Crippen molar-refractivity contribution < 1.29 is 14.3 Å². The minimum absolute atomic E-state index is 0.154. The predicted octanol–water partition coefficient (Wildman–Crippen LogP) is 3.66. The fourth-order valence-corrected chi connectivity index (χ4v) is 2.69. The van der Waals surface area contributed by atoms with E-state index in [1.54, 1.807) is 19.4 Å². The molecule has 0 saturated heterocycles. The first-order valence-electron chi connectivity index (χ1n) is 9.41. The largest absolute Gasteiger partial charge is 0.493 e. The Balaban J connectivity index is 1.98. The van der Waals surface area contributed by atoms with Gasteiger partial charge in [-0.15, -0.1) is 0 Å². The lowest BCUT2D eigenvalue weighted by molar-refractivity contribution is 0.0950. The van der Waals surface area contributed by atoms with E-state index < -0.39 is 0 Å². The van der Waals surface area contributed by atoms with Gasteiger partial charge in [0.15, 0.2) is 11.5 Å². The zero-order chi connectivity index (χ0) is 19.6. The number of amides is 1. The Kier molecular flexibility index (Phi) is 7.92. The monoisotopic (exact) mass is 371 g/mol. The Bertz CT molecular complexity index is 728. The number of carbonyl (C=O) groups excluding carboxylic acids is 1. The smallest absolute Gasteiger partial charge is 0.253 e. The molecule has 0 spiro atoms. The van der Waals surface area contributed by atoms with Crippen molar-refractivity contribution in [3.05, 3.63) is 47.7 Å². The number of carbonyl (C=O) groups is 1. The summed E-state index contributed by atoms with van der Waals surface area (Å²) < 4.78 is 11.0. The number of nitrogens with one attached hydrogen (secondary N) is 1. The summed E-state index contributed by atoms with van der Waals surface area (Å²) in [4.78, 5) is 18.9. The van der Waals surface area contributed by atoms with Gasteiger partial charge in [-0.25, -0.2) is 4.98 Å². The van der Waals surface area contributed by atoms with E-state index in [0.29, 0.717) is 30.2 Å². The molecule has 0 unspecified atom stereocenters. The first kappa shape index (κ1) is 20.6. The number of pyridine rings is 1. The van der Waals surface area contributed by atoms with Gasteiger partial charge in [-0.2, -0.15) is 0 Å². The lowest BCUT2D eigenvalue weighted by atomic mass is 10.2. The van der Waals surface area contributed by atoms with Crippen LogP contribution in [0.25, 0.3) is 0 Å². The van der Waals surface area contributed by atoms with Crippen LogP contribution >= 0.6 is 0 Å². The van der Waals surface area contributed by atoms with E-state index in [1.165, 1.54) is 0 Å². The fourth-order valence-electron chi connectivity index (χ4n) is 2.69. The van der Waals surface area contributed by atoms with Crippen LogP contribution in [0.4, 0.5) is 5.82 Å². The van der Waals surface area contributed by atoms with Gasteiger partial charge < -0.3 is 19.7 Å². The topological polar surface area (TPSA) is 63.7 Å². The first-order chi connectivity index (χ1) is 13.1. The van der Waals surface area contributed by atoms with Gasteiger partial charge in [-0.1, -0.05) is 13.0 Å². The highest BCUT2D eigenvalue weighted by Crippen LogP contribution is 2.28. The molecule has 0 atom stereocenters. The molecule has 2 rings (SSSR count). The third-order valence-electron chi connectivity index (χ3n) is 4.24. The molecule has 1 heterocycles.